The number of fused-ring (bicyclic) bond motifs is 1. The largest absolute Gasteiger partial charge is 0.384 e. The van der Waals surface area contributed by atoms with Gasteiger partial charge in [0.15, 0.2) is 0 Å². The lowest BCUT2D eigenvalue weighted by atomic mass is 10.00. The maximum Gasteiger partial charge on any atom is 0.0678 e. The number of nitrogens with one attached hydrogen (secondary N) is 1. The molecule has 3 rings (SSSR count). The van der Waals surface area contributed by atoms with Gasteiger partial charge in [0.25, 0.3) is 0 Å². The molecule has 1 N–H and O–H groups in total. The summed E-state index contributed by atoms with van der Waals surface area (Å²) in [6.45, 7) is 8.67. The number of anilines is 1. The van der Waals surface area contributed by atoms with E-state index >= 15 is 0 Å². The second kappa shape index (κ2) is 4.90. The van der Waals surface area contributed by atoms with Crippen molar-refractivity contribution in [2.45, 2.75) is 32.0 Å². The molecule has 1 unspecified atom stereocenters. The van der Waals surface area contributed by atoms with E-state index in [9.17, 15) is 0 Å². The molecular weight excluding hydrogens is 224 g/mol. The zero-order valence-electron chi connectivity index (χ0n) is 11.2. The molecule has 1 saturated heterocycles. The Kier molecular flexibility index (Phi) is 3.27. The van der Waals surface area contributed by atoms with Crippen LogP contribution in [-0.4, -0.2) is 43.3 Å². The smallest absolute Gasteiger partial charge is 0.0678 e. The van der Waals surface area contributed by atoms with Crippen molar-refractivity contribution in [3.05, 3.63) is 29.8 Å². The first kappa shape index (κ1) is 12.0. The minimum Gasteiger partial charge on any atom is -0.384 e. The summed E-state index contributed by atoms with van der Waals surface area (Å²) < 4.78 is 5.79. The van der Waals surface area contributed by atoms with Gasteiger partial charge in [-0.05, 0) is 25.5 Å². The lowest BCUT2D eigenvalue weighted by Gasteiger charge is -2.36. The number of para-hydroxylation sites is 1. The highest BCUT2D eigenvalue weighted by Gasteiger charge is 2.28. The van der Waals surface area contributed by atoms with Gasteiger partial charge in [-0.2, -0.15) is 0 Å². The Hall–Kier alpha value is -1.06. The monoisotopic (exact) mass is 246 g/mol. The summed E-state index contributed by atoms with van der Waals surface area (Å²) in [5.41, 5.74) is 2.79. The van der Waals surface area contributed by atoms with E-state index in [-0.39, 0.29) is 0 Å². The van der Waals surface area contributed by atoms with Gasteiger partial charge < -0.3 is 10.1 Å². The molecule has 0 aliphatic carbocycles. The Morgan fingerprint density at radius 3 is 2.72 bits per heavy atom. The molecule has 0 aromatic heterocycles. The predicted molar refractivity (Wildman–Crippen MR) is 74.1 cm³/mol. The zero-order chi connectivity index (χ0) is 12.5. The molecule has 0 radical (unpaired) electrons. The van der Waals surface area contributed by atoms with Crippen LogP contribution < -0.4 is 5.32 Å². The maximum atomic E-state index is 5.79. The van der Waals surface area contributed by atoms with Gasteiger partial charge in [-0.1, -0.05) is 18.2 Å². The molecule has 2 aliphatic heterocycles. The van der Waals surface area contributed by atoms with Gasteiger partial charge in [0.1, 0.15) is 0 Å². The average molecular weight is 246 g/mol. The van der Waals surface area contributed by atoms with E-state index in [0.29, 0.717) is 18.1 Å². The molecular formula is C15H22N2O. The third-order valence-corrected chi connectivity index (χ3v) is 3.91. The minimum atomic E-state index is 0.360. The third kappa shape index (κ3) is 2.38. The molecule has 2 aliphatic rings. The van der Waals surface area contributed by atoms with Gasteiger partial charge in [0, 0.05) is 37.8 Å². The van der Waals surface area contributed by atoms with E-state index in [1.807, 2.05) is 0 Å². The Bertz CT molecular complexity index is 411. The number of hydrogen-bond acceptors (Lipinski definition) is 3. The predicted octanol–water partition coefficient (Wildman–Crippen LogP) is 2.30. The van der Waals surface area contributed by atoms with Gasteiger partial charge in [-0.25, -0.2) is 0 Å². The van der Waals surface area contributed by atoms with Crippen LogP contribution in [0.15, 0.2) is 24.3 Å². The van der Waals surface area contributed by atoms with Crippen molar-refractivity contribution in [1.29, 1.82) is 0 Å². The molecule has 1 fully saturated rings. The first-order valence-electron chi connectivity index (χ1n) is 6.93. The topological polar surface area (TPSA) is 24.5 Å². The molecule has 1 aromatic rings. The average Bonchev–Trinajstić information content (AvgIpc) is 2.72. The molecule has 0 spiro atoms. The van der Waals surface area contributed by atoms with Gasteiger partial charge >= 0.3 is 0 Å². The summed E-state index contributed by atoms with van der Waals surface area (Å²) in [5, 5.41) is 3.50. The van der Waals surface area contributed by atoms with Crippen molar-refractivity contribution in [2.24, 2.45) is 0 Å². The minimum absolute atomic E-state index is 0.360. The van der Waals surface area contributed by atoms with E-state index in [2.05, 4.69) is 48.3 Å². The van der Waals surface area contributed by atoms with Gasteiger partial charge in [0.05, 0.1) is 12.2 Å². The number of hydrogen-bond donors (Lipinski definition) is 1. The van der Waals surface area contributed by atoms with Gasteiger partial charge in [-0.15, -0.1) is 0 Å². The lowest BCUT2D eigenvalue weighted by molar-refractivity contribution is -0.0689. The Morgan fingerprint density at radius 1 is 1.22 bits per heavy atom. The fraction of sp³-hybridized carbons (Fsp3) is 0.600. The van der Waals surface area contributed by atoms with Crippen LogP contribution in [0, 0.1) is 0 Å². The highest BCUT2D eigenvalue weighted by atomic mass is 16.5. The second-order valence-electron chi connectivity index (χ2n) is 5.64. The molecule has 98 valence electrons. The van der Waals surface area contributed by atoms with E-state index in [0.717, 1.165) is 26.2 Å². The molecule has 3 atom stereocenters. The van der Waals surface area contributed by atoms with Crippen LogP contribution in [0.4, 0.5) is 5.69 Å². The summed E-state index contributed by atoms with van der Waals surface area (Å²) in [6.07, 6.45) is 0.719. The van der Waals surface area contributed by atoms with Crippen molar-refractivity contribution in [1.82, 2.24) is 4.90 Å². The first-order chi connectivity index (χ1) is 8.72. The van der Waals surface area contributed by atoms with Gasteiger partial charge in [-0.3, -0.25) is 4.90 Å². The Balaban J connectivity index is 1.67. The van der Waals surface area contributed by atoms with Crippen molar-refractivity contribution in [3.63, 3.8) is 0 Å². The standard InChI is InChI=1S/C15H22N2O/c1-11-8-17(9-12(2)18-11)10-13-7-16-15-6-4-3-5-14(13)15/h3-6,11-13,16H,7-10H2,1-2H3/t11-,12+,13?. The van der Waals surface area contributed by atoms with Crippen LogP contribution in [0.3, 0.4) is 0 Å². The molecule has 1 aromatic carbocycles. The molecule has 0 bridgehead atoms. The lowest BCUT2D eigenvalue weighted by Crippen LogP contribution is -2.46. The highest BCUT2D eigenvalue weighted by molar-refractivity contribution is 5.57. The van der Waals surface area contributed by atoms with Crippen LogP contribution in [0.1, 0.15) is 25.3 Å². The molecule has 0 amide bonds. The number of morpholine rings is 1. The van der Waals surface area contributed by atoms with Crippen molar-refractivity contribution >= 4 is 5.69 Å². The summed E-state index contributed by atoms with van der Waals surface area (Å²) in [5.74, 6) is 0.624. The van der Waals surface area contributed by atoms with E-state index in [4.69, 9.17) is 4.74 Å². The van der Waals surface area contributed by atoms with Crippen molar-refractivity contribution in [2.75, 3.05) is 31.5 Å². The molecule has 2 heterocycles. The summed E-state index contributed by atoms with van der Waals surface area (Å²) in [7, 11) is 0. The Labute approximate surface area is 109 Å². The normalized spacial score (nSPS) is 32.0. The van der Waals surface area contributed by atoms with Crippen LogP contribution in [0.2, 0.25) is 0 Å². The molecule has 0 saturated carbocycles. The summed E-state index contributed by atoms with van der Waals surface area (Å²) in [6, 6.07) is 8.68. The van der Waals surface area contributed by atoms with E-state index in [1.165, 1.54) is 11.3 Å². The quantitative estimate of drug-likeness (QED) is 0.866. The summed E-state index contributed by atoms with van der Waals surface area (Å²) >= 11 is 0. The zero-order valence-corrected chi connectivity index (χ0v) is 11.2. The molecule has 3 nitrogen and oxygen atoms in total. The van der Waals surface area contributed by atoms with Crippen molar-refractivity contribution in [3.8, 4) is 0 Å². The number of nitrogens with zero attached hydrogens (tertiary/aromatic N) is 1. The SMILES string of the molecule is C[C@@H]1CN(CC2CNc3ccccc32)C[C@H](C)O1. The van der Waals surface area contributed by atoms with Crippen LogP contribution in [-0.2, 0) is 4.74 Å². The fourth-order valence-electron chi connectivity index (χ4n) is 3.27. The maximum absolute atomic E-state index is 5.79. The third-order valence-electron chi connectivity index (χ3n) is 3.91. The molecule has 3 heteroatoms. The first-order valence-corrected chi connectivity index (χ1v) is 6.93. The van der Waals surface area contributed by atoms with Crippen molar-refractivity contribution < 1.29 is 4.74 Å². The van der Waals surface area contributed by atoms with Gasteiger partial charge in [0.2, 0.25) is 0 Å². The van der Waals surface area contributed by atoms with E-state index in [1.54, 1.807) is 0 Å². The Morgan fingerprint density at radius 2 is 1.94 bits per heavy atom. The van der Waals surface area contributed by atoms with Crippen LogP contribution in [0.5, 0.6) is 0 Å². The number of ether oxygens (including phenoxy) is 1. The number of benzene rings is 1. The number of rotatable bonds is 2. The van der Waals surface area contributed by atoms with E-state index < -0.39 is 0 Å². The second-order valence-corrected chi connectivity index (χ2v) is 5.64. The summed E-state index contributed by atoms with van der Waals surface area (Å²) in [4.78, 5) is 2.55. The highest BCUT2D eigenvalue weighted by Crippen LogP contribution is 2.32. The van der Waals surface area contributed by atoms with Crippen LogP contribution >= 0.6 is 0 Å². The molecule has 18 heavy (non-hydrogen) atoms. The fourth-order valence-corrected chi connectivity index (χ4v) is 3.27. The van der Waals surface area contributed by atoms with Crippen LogP contribution in [0.25, 0.3) is 0 Å².